The average molecular weight is 449 g/mol. The highest BCUT2D eigenvalue weighted by molar-refractivity contribution is 6.05. The van der Waals surface area contributed by atoms with Crippen molar-refractivity contribution in [2.24, 2.45) is 4.99 Å². The topological polar surface area (TPSA) is 75.2 Å². The number of aliphatic imine (C=N–C) groups is 1. The van der Waals surface area contributed by atoms with Gasteiger partial charge in [0.05, 0.1) is 31.4 Å². The van der Waals surface area contributed by atoms with Crippen LogP contribution in [0.3, 0.4) is 0 Å². The molecule has 2 fully saturated rings. The molecule has 3 aliphatic rings. The van der Waals surface area contributed by atoms with Gasteiger partial charge >= 0.3 is 0 Å². The highest BCUT2D eigenvalue weighted by atomic mass is 16.5. The summed E-state index contributed by atoms with van der Waals surface area (Å²) in [5.41, 5.74) is 2.43. The van der Waals surface area contributed by atoms with Gasteiger partial charge in [0.25, 0.3) is 5.91 Å². The minimum Gasteiger partial charge on any atom is -0.493 e. The molecule has 33 heavy (non-hydrogen) atoms. The Morgan fingerprint density at radius 2 is 1.91 bits per heavy atom. The van der Waals surface area contributed by atoms with Crippen molar-refractivity contribution in [2.45, 2.75) is 50.2 Å². The summed E-state index contributed by atoms with van der Waals surface area (Å²) in [6.07, 6.45) is 5.54. The number of anilines is 1. The molecule has 1 amide bonds. The summed E-state index contributed by atoms with van der Waals surface area (Å²) in [6, 6.07) is 14.2. The van der Waals surface area contributed by atoms with Crippen LogP contribution in [-0.2, 0) is 6.54 Å². The second kappa shape index (κ2) is 9.06. The quantitative estimate of drug-likeness (QED) is 0.743. The van der Waals surface area contributed by atoms with E-state index in [0.29, 0.717) is 36.2 Å². The maximum atomic E-state index is 13.6. The van der Waals surface area contributed by atoms with Crippen molar-refractivity contribution < 1.29 is 14.3 Å². The number of hydrogen-bond donors (Lipinski definition) is 2. The number of amides is 1. The van der Waals surface area contributed by atoms with Crippen LogP contribution in [0.5, 0.6) is 11.5 Å². The summed E-state index contributed by atoms with van der Waals surface area (Å²) < 4.78 is 10.9. The first-order valence-electron chi connectivity index (χ1n) is 11.8. The summed E-state index contributed by atoms with van der Waals surface area (Å²) in [5.74, 6) is 1.95. The van der Waals surface area contributed by atoms with Crippen molar-refractivity contribution in [3.63, 3.8) is 0 Å². The molecule has 1 saturated carbocycles. The minimum atomic E-state index is -0.399. The van der Waals surface area contributed by atoms with Gasteiger partial charge in [-0.2, -0.15) is 0 Å². The van der Waals surface area contributed by atoms with Gasteiger partial charge in [0.15, 0.2) is 11.5 Å². The number of para-hydroxylation sites is 2. The van der Waals surface area contributed by atoms with Crippen LogP contribution in [-0.4, -0.2) is 55.5 Å². The van der Waals surface area contributed by atoms with Crippen LogP contribution >= 0.6 is 0 Å². The van der Waals surface area contributed by atoms with E-state index < -0.39 is 5.54 Å². The number of carbonyl (C=O) groups is 1. The van der Waals surface area contributed by atoms with E-state index in [4.69, 9.17) is 14.5 Å². The van der Waals surface area contributed by atoms with Crippen molar-refractivity contribution in [1.82, 2.24) is 10.2 Å². The first-order chi connectivity index (χ1) is 16.1. The van der Waals surface area contributed by atoms with Crippen LogP contribution in [0.15, 0.2) is 47.5 Å². The van der Waals surface area contributed by atoms with Crippen LogP contribution < -0.4 is 20.1 Å². The number of carbonyl (C=O) groups excluding carboxylic acids is 1. The maximum absolute atomic E-state index is 13.6. The third kappa shape index (κ3) is 4.06. The monoisotopic (exact) mass is 448 g/mol. The average Bonchev–Trinajstić information content (AvgIpc) is 3.49. The third-order valence-corrected chi connectivity index (χ3v) is 7.17. The standard InChI is InChI=1S/C26H32N4O3/c1-32-22-13-7-11-20(23(22)33-2)24(31)30-15-14-26(17-30)25(28-19-9-4-5-10-19)29-21-12-6-3-8-18(21)16-27-26/h3,6-8,11-13,19,27H,4-5,9-10,14-17H2,1-2H3,(H,28,29)/t26-/m1/s1. The number of benzene rings is 2. The van der Waals surface area contributed by atoms with E-state index in [-0.39, 0.29) is 5.91 Å². The highest BCUT2D eigenvalue weighted by Crippen LogP contribution is 2.35. The van der Waals surface area contributed by atoms with E-state index in [1.807, 2.05) is 11.0 Å². The second-order valence-corrected chi connectivity index (χ2v) is 9.15. The number of likely N-dealkylation sites (tertiary alicyclic amines) is 1. The minimum absolute atomic E-state index is 0.0496. The molecule has 5 rings (SSSR count). The van der Waals surface area contributed by atoms with E-state index in [9.17, 15) is 4.79 Å². The van der Waals surface area contributed by atoms with Crippen molar-refractivity contribution >= 4 is 17.4 Å². The smallest absolute Gasteiger partial charge is 0.257 e. The number of rotatable bonds is 4. The Labute approximate surface area is 195 Å². The predicted molar refractivity (Wildman–Crippen MR) is 129 cm³/mol. The van der Waals surface area contributed by atoms with Crippen LogP contribution in [0.2, 0.25) is 0 Å². The molecular weight excluding hydrogens is 416 g/mol. The Kier molecular flexibility index (Phi) is 5.98. The fraction of sp³-hybridized carbons (Fsp3) is 0.462. The number of nitrogens with zero attached hydrogens (tertiary/aromatic N) is 2. The molecule has 2 aromatic carbocycles. The summed E-state index contributed by atoms with van der Waals surface area (Å²) in [6.45, 7) is 1.93. The van der Waals surface area contributed by atoms with Gasteiger partial charge in [0.1, 0.15) is 5.84 Å². The van der Waals surface area contributed by atoms with Crippen LogP contribution in [0.4, 0.5) is 5.69 Å². The Morgan fingerprint density at radius 1 is 1.09 bits per heavy atom. The fourth-order valence-electron chi connectivity index (χ4n) is 5.31. The Hall–Kier alpha value is -3.06. The SMILES string of the molecule is COc1cccc(C(=O)N2CC[C@]3(C2)NCc2ccccc2NC3=NC2CCCC2)c1OC. The first-order valence-corrected chi connectivity index (χ1v) is 11.8. The van der Waals surface area contributed by atoms with Gasteiger partial charge in [-0.15, -0.1) is 0 Å². The van der Waals surface area contributed by atoms with Gasteiger partial charge in [-0.3, -0.25) is 15.1 Å². The highest BCUT2D eigenvalue weighted by Gasteiger charge is 2.46. The summed E-state index contributed by atoms with van der Waals surface area (Å²) in [4.78, 5) is 20.7. The van der Waals surface area contributed by atoms with E-state index in [1.54, 1.807) is 26.4 Å². The van der Waals surface area contributed by atoms with Crippen molar-refractivity contribution in [1.29, 1.82) is 0 Å². The van der Waals surface area contributed by atoms with Crippen molar-refractivity contribution in [3.05, 3.63) is 53.6 Å². The van der Waals surface area contributed by atoms with Gasteiger partial charge < -0.3 is 19.7 Å². The Morgan fingerprint density at radius 3 is 2.70 bits per heavy atom. The summed E-state index contributed by atoms with van der Waals surface area (Å²) in [5, 5.41) is 7.45. The molecule has 0 bridgehead atoms. The molecular formula is C26H32N4O3. The zero-order chi connectivity index (χ0) is 22.8. The van der Waals surface area contributed by atoms with Gasteiger partial charge in [0, 0.05) is 25.3 Å². The first kappa shape index (κ1) is 21.8. The largest absolute Gasteiger partial charge is 0.493 e. The predicted octanol–water partition coefficient (Wildman–Crippen LogP) is 3.84. The van der Waals surface area contributed by atoms with Gasteiger partial charge in [-0.25, -0.2) is 0 Å². The second-order valence-electron chi connectivity index (χ2n) is 9.15. The van der Waals surface area contributed by atoms with Crippen molar-refractivity contribution in [2.75, 3.05) is 32.6 Å². The molecule has 0 unspecified atom stereocenters. The molecule has 7 nitrogen and oxygen atoms in total. The number of methoxy groups -OCH3 is 2. The lowest BCUT2D eigenvalue weighted by molar-refractivity contribution is 0.0781. The lowest BCUT2D eigenvalue weighted by Crippen LogP contribution is -2.55. The molecule has 0 aromatic heterocycles. The maximum Gasteiger partial charge on any atom is 0.257 e. The van der Waals surface area contributed by atoms with E-state index in [0.717, 1.165) is 37.3 Å². The third-order valence-electron chi connectivity index (χ3n) is 7.17. The number of amidine groups is 1. The normalized spacial score (nSPS) is 23.9. The number of hydrogen-bond acceptors (Lipinski definition) is 5. The van der Waals surface area contributed by atoms with E-state index >= 15 is 0 Å². The zero-order valence-corrected chi connectivity index (χ0v) is 19.4. The van der Waals surface area contributed by atoms with E-state index in [1.165, 1.54) is 18.4 Å². The molecule has 2 aliphatic heterocycles. The Bertz CT molecular complexity index is 1060. The number of ether oxygens (including phenoxy) is 2. The zero-order valence-electron chi connectivity index (χ0n) is 19.4. The molecule has 2 aromatic rings. The molecule has 1 aliphatic carbocycles. The lowest BCUT2D eigenvalue weighted by Gasteiger charge is -2.31. The molecule has 1 saturated heterocycles. The molecule has 1 atom stereocenters. The molecule has 0 radical (unpaired) electrons. The van der Waals surface area contributed by atoms with Gasteiger partial charge in [0.2, 0.25) is 0 Å². The van der Waals surface area contributed by atoms with Gasteiger partial charge in [-0.05, 0) is 43.0 Å². The van der Waals surface area contributed by atoms with Crippen LogP contribution in [0.1, 0.15) is 48.0 Å². The molecule has 2 N–H and O–H groups in total. The molecule has 174 valence electrons. The lowest BCUT2D eigenvalue weighted by atomic mass is 9.96. The van der Waals surface area contributed by atoms with Gasteiger partial charge in [-0.1, -0.05) is 37.1 Å². The fourth-order valence-corrected chi connectivity index (χ4v) is 5.31. The van der Waals surface area contributed by atoms with Crippen LogP contribution in [0, 0.1) is 0 Å². The number of nitrogens with one attached hydrogen (secondary N) is 2. The molecule has 7 heteroatoms. The Balaban J connectivity index is 1.46. The van der Waals surface area contributed by atoms with Crippen molar-refractivity contribution in [3.8, 4) is 11.5 Å². The molecule has 1 spiro atoms. The summed E-state index contributed by atoms with van der Waals surface area (Å²) >= 11 is 0. The molecule has 2 heterocycles. The number of fused-ring (bicyclic) bond motifs is 1. The van der Waals surface area contributed by atoms with Crippen LogP contribution in [0.25, 0.3) is 0 Å². The summed E-state index contributed by atoms with van der Waals surface area (Å²) in [7, 11) is 3.15. The van der Waals surface area contributed by atoms with E-state index in [2.05, 4.69) is 34.9 Å².